The number of ether oxygens (including phenoxy) is 1. The Bertz CT molecular complexity index is 515. The van der Waals surface area contributed by atoms with Gasteiger partial charge in [0.1, 0.15) is 11.3 Å². The van der Waals surface area contributed by atoms with E-state index in [9.17, 15) is 4.79 Å². The molecule has 0 bridgehead atoms. The molecule has 0 saturated heterocycles. The topological polar surface area (TPSA) is 84.6 Å². The molecular formula is C14H16N2O3. The molecule has 0 aliphatic rings. The van der Waals surface area contributed by atoms with E-state index in [-0.39, 0.29) is 11.3 Å². The van der Waals surface area contributed by atoms with Crippen LogP contribution in [0.5, 0.6) is 5.75 Å². The van der Waals surface area contributed by atoms with E-state index in [1.54, 1.807) is 12.1 Å². The lowest BCUT2D eigenvalue weighted by Crippen LogP contribution is -2.05. The SMILES string of the molecule is COC(=O)c1ccccc1O.NNc1ccccc1. The normalized spacial score (nSPS) is 8.95. The zero-order valence-electron chi connectivity index (χ0n) is 10.5. The second kappa shape index (κ2) is 7.73. The fourth-order valence-electron chi connectivity index (χ4n) is 1.29. The number of anilines is 1. The highest BCUT2D eigenvalue weighted by atomic mass is 16.5. The number of esters is 1. The van der Waals surface area contributed by atoms with Crippen LogP contribution in [-0.2, 0) is 4.74 Å². The third-order valence-electron chi connectivity index (χ3n) is 2.25. The van der Waals surface area contributed by atoms with Crippen molar-refractivity contribution >= 4 is 11.7 Å². The molecular weight excluding hydrogens is 244 g/mol. The largest absolute Gasteiger partial charge is 0.507 e. The number of phenolic OH excluding ortho intramolecular Hbond substituents is 1. The number of carbonyl (C=O) groups is 1. The summed E-state index contributed by atoms with van der Waals surface area (Å²) in [6.45, 7) is 0. The van der Waals surface area contributed by atoms with Crippen molar-refractivity contribution < 1.29 is 14.6 Å². The van der Waals surface area contributed by atoms with E-state index in [0.29, 0.717) is 0 Å². The summed E-state index contributed by atoms with van der Waals surface area (Å²) < 4.78 is 4.42. The van der Waals surface area contributed by atoms with Crippen molar-refractivity contribution in [3.63, 3.8) is 0 Å². The van der Waals surface area contributed by atoms with Crippen molar-refractivity contribution in [2.75, 3.05) is 12.5 Å². The van der Waals surface area contributed by atoms with Gasteiger partial charge in [0, 0.05) is 5.69 Å². The Morgan fingerprint density at radius 2 is 1.68 bits per heavy atom. The lowest BCUT2D eigenvalue weighted by atomic mass is 10.2. The van der Waals surface area contributed by atoms with E-state index in [1.165, 1.54) is 19.2 Å². The quantitative estimate of drug-likeness (QED) is 0.437. The molecule has 4 N–H and O–H groups in total. The molecule has 5 heteroatoms. The van der Waals surface area contributed by atoms with Crippen molar-refractivity contribution in [3.05, 3.63) is 60.2 Å². The number of nitrogens with one attached hydrogen (secondary N) is 1. The van der Waals surface area contributed by atoms with Crippen LogP contribution < -0.4 is 11.3 Å². The van der Waals surface area contributed by atoms with Crippen LogP contribution >= 0.6 is 0 Å². The number of rotatable bonds is 2. The predicted octanol–water partition coefficient (Wildman–Crippen LogP) is 2.15. The number of phenols is 1. The van der Waals surface area contributed by atoms with Crippen LogP contribution in [0, 0.1) is 0 Å². The van der Waals surface area contributed by atoms with Crippen molar-refractivity contribution in [2.45, 2.75) is 0 Å². The number of hydrogen-bond acceptors (Lipinski definition) is 5. The number of nitrogen functional groups attached to an aromatic ring is 1. The maximum atomic E-state index is 10.9. The molecule has 0 aromatic heterocycles. The number of hydrogen-bond donors (Lipinski definition) is 3. The summed E-state index contributed by atoms with van der Waals surface area (Å²) in [5.41, 5.74) is 3.65. The van der Waals surface area contributed by atoms with Crippen molar-refractivity contribution in [3.8, 4) is 5.75 Å². The highest BCUT2D eigenvalue weighted by Crippen LogP contribution is 2.15. The molecule has 2 aromatic carbocycles. The number of nitrogens with two attached hydrogens (primary N) is 1. The molecule has 5 nitrogen and oxygen atoms in total. The average molecular weight is 260 g/mol. The fourth-order valence-corrected chi connectivity index (χ4v) is 1.29. The van der Waals surface area contributed by atoms with Gasteiger partial charge in [-0.3, -0.25) is 5.84 Å². The summed E-state index contributed by atoms with van der Waals surface area (Å²) in [6.07, 6.45) is 0. The van der Waals surface area contributed by atoms with E-state index in [1.807, 2.05) is 30.3 Å². The zero-order chi connectivity index (χ0) is 14.1. The van der Waals surface area contributed by atoms with Gasteiger partial charge >= 0.3 is 5.97 Å². The van der Waals surface area contributed by atoms with Crippen LogP contribution in [0.4, 0.5) is 5.69 Å². The Morgan fingerprint density at radius 1 is 1.11 bits per heavy atom. The summed E-state index contributed by atoms with van der Waals surface area (Å²) in [7, 11) is 1.27. The summed E-state index contributed by atoms with van der Waals surface area (Å²) in [5.74, 6) is 4.52. The number of hydrazine groups is 1. The Morgan fingerprint density at radius 3 is 2.16 bits per heavy atom. The maximum Gasteiger partial charge on any atom is 0.341 e. The van der Waals surface area contributed by atoms with Gasteiger partial charge in [-0.25, -0.2) is 4.79 Å². The summed E-state index contributed by atoms with van der Waals surface area (Å²) in [6, 6.07) is 15.8. The van der Waals surface area contributed by atoms with Crippen LogP contribution in [0.2, 0.25) is 0 Å². The molecule has 0 unspecified atom stereocenters. The lowest BCUT2D eigenvalue weighted by molar-refractivity contribution is 0.0597. The van der Waals surface area contributed by atoms with Crippen LogP contribution in [0.1, 0.15) is 10.4 Å². The van der Waals surface area contributed by atoms with Gasteiger partial charge < -0.3 is 15.3 Å². The minimum atomic E-state index is -0.525. The number of benzene rings is 2. The van der Waals surface area contributed by atoms with Gasteiger partial charge in [0.2, 0.25) is 0 Å². The van der Waals surface area contributed by atoms with Crippen LogP contribution in [-0.4, -0.2) is 18.2 Å². The molecule has 0 radical (unpaired) electrons. The van der Waals surface area contributed by atoms with E-state index in [4.69, 9.17) is 10.9 Å². The first-order valence-corrected chi connectivity index (χ1v) is 5.57. The molecule has 0 saturated carbocycles. The van der Waals surface area contributed by atoms with E-state index < -0.39 is 5.97 Å². The minimum Gasteiger partial charge on any atom is -0.507 e. The van der Waals surface area contributed by atoms with E-state index in [2.05, 4.69) is 10.2 Å². The standard InChI is InChI=1S/C8H8O3.C6H8N2/c1-11-8(10)6-4-2-3-5-7(6)9;7-8-6-4-2-1-3-5-6/h2-5,9H,1H3;1-5,8H,7H2. The summed E-state index contributed by atoms with van der Waals surface area (Å²) >= 11 is 0. The van der Waals surface area contributed by atoms with E-state index in [0.717, 1.165) is 5.69 Å². The van der Waals surface area contributed by atoms with Crippen LogP contribution in [0.15, 0.2) is 54.6 Å². The minimum absolute atomic E-state index is 0.0562. The second-order valence-electron chi connectivity index (χ2n) is 3.52. The average Bonchev–Trinajstić information content (AvgIpc) is 2.48. The molecule has 2 rings (SSSR count). The van der Waals surface area contributed by atoms with E-state index >= 15 is 0 Å². The number of methoxy groups -OCH3 is 1. The van der Waals surface area contributed by atoms with Gasteiger partial charge in [0.25, 0.3) is 0 Å². The third-order valence-corrected chi connectivity index (χ3v) is 2.25. The van der Waals surface area contributed by atoms with Crippen molar-refractivity contribution in [1.82, 2.24) is 0 Å². The molecule has 0 spiro atoms. The molecule has 19 heavy (non-hydrogen) atoms. The molecule has 2 aromatic rings. The Labute approximate surface area is 111 Å². The molecule has 0 aliphatic heterocycles. The smallest absolute Gasteiger partial charge is 0.341 e. The molecule has 0 aliphatic carbocycles. The highest BCUT2D eigenvalue weighted by molar-refractivity contribution is 5.92. The molecule has 0 heterocycles. The molecule has 0 fully saturated rings. The van der Waals surface area contributed by atoms with Gasteiger partial charge in [0.15, 0.2) is 0 Å². The molecule has 0 amide bonds. The number of para-hydroxylation sites is 2. The monoisotopic (exact) mass is 260 g/mol. The zero-order valence-corrected chi connectivity index (χ0v) is 10.5. The molecule has 100 valence electrons. The molecule has 0 atom stereocenters. The first-order valence-electron chi connectivity index (χ1n) is 5.57. The van der Waals surface area contributed by atoms with Gasteiger partial charge in [-0.1, -0.05) is 30.3 Å². The third kappa shape index (κ3) is 4.69. The first-order chi connectivity index (χ1) is 9.19. The Balaban J connectivity index is 0.000000200. The van der Waals surface area contributed by atoms with Crippen LogP contribution in [0.3, 0.4) is 0 Å². The Hall–Kier alpha value is -2.53. The number of aromatic hydroxyl groups is 1. The van der Waals surface area contributed by atoms with Crippen molar-refractivity contribution in [2.24, 2.45) is 5.84 Å². The van der Waals surface area contributed by atoms with Crippen molar-refractivity contribution in [1.29, 1.82) is 0 Å². The second-order valence-corrected chi connectivity index (χ2v) is 3.52. The predicted molar refractivity (Wildman–Crippen MR) is 73.7 cm³/mol. The highest BCUT2D eigenvalue weighted by Gasteiger charge is 2.08. The summed E-state index contributed by atoms with van der Waals surface area (Å²) in [5, 5.41) is 9.11. The van der Waals surface area contributed by atoms with Gasteiger partial charge in [-0.05, 0) is 24.3 Å². The Kier molecular flexibility index (Phi) is 5.91. The first kappa shape index (κ1) is 14.5. The fraction of sp³-hybridized carbons (Fsp3) is 0.0714. The lowest BCUT2D eigenvalue weighted by Gasteiger charge is -1.99. The van der Waals surface area contributed by atoms with Crippen LogP contribution in [0.25, 0.3) is 0 Å². The summed E-state index contributed by atoms with van der Waals surface area (Å²) in [4.78, 5) is 10.9. The van der Waals surface area contributed by atoms with Gasteiger partial charge in [-0.15, -0.1) is 0 Å². The van der Waals surface area contributed by atoms with Gasteiger partial charge in [-0.2, -0.15) is 0 Å². The van der Waals surface area contributed by atoms with Gasteiger partial charge in [0.05, 0.1) is 7.11 Å². The maximum absolute atomic E-state index is 10.9. The number of carbonyl (C=O) groups excluding carboxylic acids is 1.